The molecule has 3 aromatic rings. The van der Waals surface area contributed by atoms with Crippen molar-refractivity contribution in [2.24, 2.45) is 0 Å². The number of amides is 1. The maximum atomic E-state index is 13.7. The number of hydrogen-bond acceptors (Lipinski definition) is 6. The molecule has 0 atom stereocenters. The quantitative estimate of drug-likeness (QED) is 0.796. The zero-order valence-corrected chi connectivity index (χ0v) is 12.8. The van der Waals surface area contributed by atoms with Crippen molar-refractivity contribution in [2.45, 2.75) is 0 Å². The molecule has 0 aliphatic carbocycles. The van der Waals surface area contributed by atoms with Crippen molar-refractivity contribution in [1.82, 2.24) is 15.0 Å². The number of carbonyl (C=O) groups is 1. The molecule has 23 heavy (non-hydrogen) atoms. The average molecular weight is 330 g/mol. The lowest BCUT2D eigenvalue weighted by molar-refractivity contribution is 0.102. The molecule has 0 bridgehead atoms. The molecule has 0 saturated carbocycles. The van der Waals surface area contributed by atoms with Crippen molar-refractivity contribution in [2.75, 3.05) is 12.4 Å². The molecule has 0 unspecified atom stereocenters. The largest absolute Gasteiger partial charge is 0.494 e. The molecule has 1 N–H and O–H groups in total. The first kappa shape index (κ1) is 15.0. The number of aromatic nitrogens is 3. The Morgan fingerprint density at radius 2 is 2.22 bits per heavy atom. The molecule has 116 valence electrons. The summed E-state index contributed by atoms with van der Waals surface area (Å²) < 4.78 is 18.6. The van der Waals surface area contributed by atoms with Gasteiger partial charge in [-0.15, -0.1) is 11.3 Å². The van der Waals surface area contributed by atoms with Crippen LogP contribution in [0.1, 0.15) is 10.5 Å². The Balaban J connectivity index is 1.78. The average Bonchev–Trinajstić information content (AvgIpc) is 3.04. The molecule has 0 aliphatic rings. The Labute approximate surface area is 135 Å². The fourth-order valence-electron chi connectivity index (χ4n) is 1.87. The first-order valence-corrected chi connectivity index (χ1v) is 7.42. The summed E-state index contributed by atoms with van der Waals surface area (Å²) in [7, 11) is 1.40. The van der Waals surface area contributed by atoms with E-state index in [0.717, 1.165) is 0 Å². The van der Waals surface area contributed by atoms with Crippen LogP contribution in [0.25, 0.3) is 11.3 Å². The van der Waals surface area contributed by atoms with Crippen molar-refractivity contribution in [1.29, 1.82) is 0 Å². The summed E-state index contributed by atoms with van der Waals surface area (Å²) in [4.78, 5) is 24.0. The number of benzene rings is 1. The van der Waals surface area contributed by atoms with Crippen molar-refractivity contribution >= 4 is 22.4 Å². The van der Waals surface area contributed by atoms with Crippen LogP contribution in [0.15, 0.2) is 42.2 Å². The lowest BCUT2D eigenvalue weighted by Crippen LogP contribution is -2.13. The summed E-state index contributed by atoms with van der Waals surface area (Å²) >= 11 is 1.24. The summed E-state index contributed by atoms with van der Waals surface area (Å²) in [6.07, 6.45) is 4.28. The number of methoxy groups -OCH3 is 1. The predicted molar refractivity (Wildman–Crippen MR) is 84.0 cm³/mol. The summed E-state index contributed by atoms with van der Waals surface area (Å²) in [5.74, 6) is -0.705. The highest BCUT2D eigenvalue weighted by Crippen LogP contribution is 2.28. The molecule has 0 saturated heterocycles. The molecular formula is C15H11FN4O2S. The molecule has 2 heterocycles. The van der Waals surface area contributed by atoms with Crippen LogP contribution in [0.4, 0.5) is 9.52 Å². The van der Waals surface area contributed by atoms with Crippen molar-refractivity contribution in [3.63, 3.8) is 0 Å². The van der Waals surface area contributed by atoms with Crippen LogP contribution < -0.4 is 10.1 Å². The van der Waals surface area contributed by atoms with E-state index in [1.807, 2.05) is 0 Å². The Morgan fingerprint density at radius 1 is 1.35 bits per heavy atom. The van der Waals surface area contributed by atoms with Crippen LogP contribution in [-0.4, -0.2) is 28.0 Å². The summed E-state index contributed by atoms with van der Waals surface area (Å²) in [5, 5.41) is 4.76. The Bertz CT molecular complexity index is 839. The highest BCUT2D eigenvalue weighted by Gasteiger charge is 2.12. The van der Waals surface area contributed by atoms with Gasteiger partial charge < -0.3 is 4.74 Å². The first-order chi connectivity index (χ1) is 11.2. The highest BCUT2D eigenvalue weighted by molar-refractivity contribution is 7.14. The third kappa shape index (κ3) is 3.32. The van der Waals surface area contributed by atoms with E-state index < -0.39 is 11.7 Å². The van der Waals surface area contributed by atoms with Crippen LogP contribution in [0.5, 0.6) is 5.75 Å². The van der Waals surface area contributed by atoms with Gasteiger partial charge in [-0.2, -0.15) is 0 Å². The van der Waals surface area contributed by atoms with Crippen LogP contribution in [0.2, 0.25) is 0 Å². The van der Waals surface area contributed by atoms with E-state index in [-0.39, 0.29) is 11.4 Å². The van der Waals surface area contributed by atoms with E-state index in [1.165, 1.54) is 49.2 Å². The van der Waals surface area contributed by atoms with Gasteiger partial charge in [0.05, 0.1) is 19.0 Å². The second-order valence-electron chi connectivity index (χ2n) is 4.43. The zero-order valence-electron chi connectivity index (χ0n) is 12.0. The summed E-state index contributed by atoms with van der Waals surface area (Å²) in [5.41, 5.74) is 1.35. The molecule has 1 amide bonds. The van der Waals surface area contributed by atoms with Crippen molar-refractivity contribution in [3.8, 4) is 17.0 Å². The Morgan fingerprint density at radius 3 is 2.91 bits per heavy atom. The van der Waals surface area contributed by atoms with Crippen LogP contribution in [0.3, 0.4) is 0 Å². The molecule has 6 nitrogen and oxygen atoms in total. The minimum Gasteiger partial charge on any atom is -0.494 e. The highest BCUT2D eigenvalue weighted by atomic mass is 32.1. The normalized spacial score (nSPS) is 10.3. The van der Waals surface area contributed by atoms with E-state index in [2.05, 4.69) is 20.3 Å². The second kappa shape index (κ2) is 6.49. The van der Waals surface area contributed by atoms with E-state index in [0.29, 0.717) is 16.4 Å². The van der Waals surface area contributed by atoms with Crippen LogP contribution in [-0.2, 0) is 0 Å². The van der Waals surface area contributed by atoms with Gasteiger partial charge in [0.2, 0.25) is 0 Å². The number of anilines is 1. The number of nitrogens with zero attached hydrogens (tertiary/aromatic N) is 3. The van der Waals surface area contributed by atoms with Gasteiger partial charge in [0.15, 0.2) is 16.7 Å². The maximum Gasteiger partial charge on any atom is 0.277 e. The minimum absolute atomic E-state index is 0.167. The van der Waals surface area contributed by atoms with Gasteiger partial charge >= 0.3 is 0 Å². The fraction of sp³-hybridized carbons (Fsp3) is 0.0667. The molecule has 0 aliphatic heterocycles. The third-order valence-electron chi connectivity index (χ3n) is 2.97. The molecule has 0 fully saturated rings. The van der Waals surface area contributed by atoms with Crippen LogP contribution >= 0.6 is 11.3 Å². The monoisotopic (exact) mass is 330 g/mol. The van der Waals surface area contributed by atoms with Gasteiger partial charge in [-0.25, -0.2) is 14.4 Å². The standard InChI is InChI=1S/C15H11FN4O2S/c1-22-13-3-2-9(6-10(13)16)12-8-23-15(19-12)20-14(21)11-7-17-4-5-18-11/h2-8H,1H3,(H,19,20,21). The predicted octanol–water partition coefficient (Wildman–Crippen LogP) is 3.00. The fourth-order valence-corrected chi connectivity index (χ4v) is 2.58. The number of ether oxygens (including phenoxy) is 1. The zero-order chi connectivity index (χ0) is 16.2. The number of thiazole rings is 1. The number of halogens is 1. The summed E-state index contributed by atoms with van der Waals surface area (Å²) in [6, 6.07) is 4.56. The SMILES string of the molecule is COc1ccc(-c2csc(NC(=O)c3cnccn3)n2)cc1F. The molecule has 3 rings (SSSR count). The number of carbonyl (C=O) groups excluding carboxylic acids is 1. The molecule has 2 aromatic heterocycles. The molecule has 8 heteroatoms. The topological polar surface area (TPSA) is 77.0 Å². The molecule has 0 radical (unpaired) electrons. The van der Waals surface area contributed by atoms with Gasteiger partial charge in [0.25, 0.3) is 5.91 Å². The second-order valence-corrected chi connectivity index (χ2v) is 5.29. The smallest absolute Gasteiger partial charge is 0.277 e. The third-order valence-corrected chi connectivity index (χ3v) is 3.73. The van der Waals surface area contributed by atoms with Crippen LogP contribution in [0, 0.1) is 5.82 Å². The van der Waals surface area contributed by atoms with E-state index >= 15 is 0 Å². The molecular weight excluding hydrogens is 319 g/mol. The van der Waals surface area contributed by atoms with Gasteiger partial charge in [0, 0.05) is 23.3 Å². The number of nitrogens with one attached hydrogen (secondary N) is 1. The molecule has 0 spiro atoms. The van der Waals surface area contributed by atoms with Gasteiger partial charge in [-0.1, -0.05) is 0 Å². The minimum atomic E-state index is -0.469. The van der Waals surface area contributed by atoms with Crippen molar-refractivity contribution in [3.05, 3.63) is 53.7 Å². The van der Waals surface area contributed by atoms with Gasteiger partial charge in [-0.3, -0.25) is 15.1 Å². The molecule has 1 aromatic carbocycles. The van der Waals surface area contributed by atoms with E-state index in [9.17, 15) is 9.18 Å². The van der Waals surface area contributed by atoms with E-state index in [4.69, 9.17) is 4.74 Å². The lowest BCUT2D eigenvalue weighted by atomic mass is 10.1. The van der Waals surface area contributed by atoms with Gasteiger partial charge in [0.1, 0.15) is 5.69 Å². The summed E-state index contributed by atoms with van der Waals surface area (Å²) in [6.45, 7) is 0. The lowest BCUT2D eigenvalue weighted by Gasteiger charge is -2.03. The first-order valence-electron chi connectivity index (χ1n) is 6.54. The maximum absolute atomic E-state index is 13.7. The Kier molecular flexibility index (Phi) is 4.24. The Hall–Kier alpha value is -2.87. The van der Waals surface area contributed by atoms with Gasteiger partial charge in [-0.05, 0) is 18.2 Å². The van der Waals surface area contributed by atoms with Crippen molar-refractivity contribution < 1.29 is 13.9 Å². The number of hydrogen-bond donors (Lipinski definition) is 1. The number of rotatable bonds is 4. The van der Waals surface area contributed by atoms with E-state index in [1.54, 1.807) is 11.4 Å².